The highest BCUT2D eigenvalue weighted by Gasteiger charge is 2.18. The number of aryl methyl sites for hydroxylation is 1. The monoisotopic (exact) mass is 361 g/mol. The van der Waals surface area contributed by atoms with Gasteiger partial charge in [0.25, 0.3) is 0 Å². The van der Waals surface area contributed by atoms with E-state index in [-0.39, 0.29) is 0 Å². The van der Waals surface area contributed by atoms with Crippen molar-refractivity contribution in [2.75, 3.05) is 43.5 Å². The first-order chi connectivity index (χ1) is 12.1. The molecule has 0 unspecified atom stereocenters. The fourth-order valence-corrected chi connectivity index (χ4v) is 2.96. The number of hydrogen-bond acceptors (Lipinski definition) is 6. The fourth-order valence-electron chi connectivity index (χ4n) is 2.70. The van der Waals surface area contributed by atoms with Gasteiger partial charge in [0.2, 0.25) is 12.4 Å². The lowest BCUT2D eigenvalue weighted by Gasteiger charge is -2.33. The number of ether oxygens (including phenoxy) is 1. The zero-order valence-electron chi connectivity index (χ0n) is 14.2. The molecule has 3 rings (SSSR count). The van der Waals surface area contributed by atoms with Crippen LogP contribution in [0.3, 0.4) is 0 Å². The van der Waals surface area contributed by atoms with Crippen LogP contribution in [0.25, 0.3) is 0 Å². The number of carbonyl (C=O) groups excluding carboxylic acids is 1. The minimum atomic E-state index is 0.508. The second kappa shape index (κ2) is 7.57. The van der Waals surface area contributed by atoms with Crippen LogP contribution in [0.2, 0.25) is 5.02 Å². The van der Waals surface area contributed by atoms with Crippen LogP contribution in [-0.2, 0) is 4.79 Å². The lowest BCUT2D eigenvalue weighted by atomic mass is 10.3. The molecule has 0 bridgehead atoms. The minimum Gasteiger partial charge on any atom is -0.495 e. The van der Waals surface area contributed by atoms with Crippen LogP contribution < -0.4 is 15.0 Å². The summed E-state index contributed by atoms with van der Waals surface area (Å²) in [6.07, 6.45) is 0.892. The Bertz CT molecular complexity index is 763. The molecule has 2 aromatic rings. The molecule has 1 aliphatic rings. The number of methoxy groups -OCH3 is 1. The van der Waals surface area contributed by atoms with Crippen molar-refractivity contribution >= 4 is 35.5 Å². The van der Waals surface area contributed by atoms with Gasteiger partial charge >= 0.3 is 0 Å². The summed E-state index contributed by atoms with van der Waals surface area (Å²) >= 11 is 6.16. The maximum absolute atomic E-state index is 10.8. The summed E-state index contributed by atoms with van der Waals surface area (Å²) in [7, 11) is 1.58. The van der Waals surface area contributed by atoms with E-state index in [1.54, 1.807) is 24.1 Å². The standard InChI is InChI=1S/C17H20ClN5O2/c1-12-9-16(23-7-5-22(11-24)6-8-23)21-17(19-12)20-13-3-4-15(25-2)14(18)10-13/h3-4,9-11H,5-8H2,1-2H3,(H,19,20,21). The van der Waals surface area contributed by atoms with Crippen molar-refractivity contribution in [2.45, 2.75) is 6.92 Å². The molecule has 25 heavy (non-hydrogen) atoms. The van der Waals surface area contributed by atoms with Gasteiger partial charge in [-0.15, -0.1) is 0 Å². The highest BCUT2D eigenvalue weighted by atomic mass is 35.5. The van der Waals surface area contributed by atoms with Crippen LogP contribution in [-0.4, -0.2) is 54.6 Å². The summed E-state index contributed by atoms with van der Waals surface area (Å²) in [5.41, 5.74) is 1.65. The SMILES string of the molecule is COc1ccc(Nc2nc(C)cc(N3CCN(C=O)CC3)n2)cc1Cl. The molecule has 0 saturated carbocycles. The summed E-state index contributed by atoms with van der Waals surface area (Å²) in [4.78, 5) is 23.8. The maximum Gasteiger partial charge on any atom is 0.229 e. The van der Waals surface area contributed by atoms with Crippen LogP contribution in [0.15, 0.2) is 24.3 Å². The van der Waals surface area contributed by atoms with E-state index in [0.717, 1.165) is 36.7 Å². The zero-order valence-corrected chi connectivity index (χ0v) is 15.0. The number of piperazine rings is 1. The second-order valence-corrected chi connectivity index (χ2v) is 6.20. The van der Waals surface area contributed by atoms with Gasteiger partial charge in [0, 0.05) is 43.6 Å². The molecule has 0 radical (unpaired) electrons. The summed E-state index contributed by atoms with van der Waals surface area (Å²) in [5, 5.41) is 3.70. The van der Waals surface area contributed by atoms with Crippen LogP contribution in [0.5, 0.6) is 5.75 Å². The third-order valence-electron chi connectivity index (χ3n) is 4.04. The summed E-state index contributed by atoms with van der Waals surface area (Å²) in [5.74, 6) is 1.97. The molecule has 8 heteroatoms. The van der Waals surface area contributed by atoms with E-state index in [1.165, 1.54) is 0 Å². The number of benzene rings is 1. The Morgan fingerprint density at radius 3 is 2.60 bits per heavy atom. The molecule has 1 amide bonds. The van der Waals surface area contributed by atoms with E-state index in [9.17, 15) is 4.79 Å². The van der Waals surface area contributed by atoms with Gasteiger partial charge in [-0.25, -0.2) is 4.98 Å². The Kier molecular flexibility index (Phi) is 5.23. The van der Waals surface area contributed by atoms with E-state index < -0.39 is 0 Å². The van der Waals surface area contributed by atoms with Crippen LogP contribution >= 0.6 is 11.6 Å². The maximum atomic E-state index is 10.8. The van der Waals surface area contributed by atoms with Crippen molar-refractivity contribution in [1.82, 2.24) is 14.9 Å². The quantitative estimate of drug-likeness (QED) is 0.825. The van der Waals surface area contributed by atoms with Crippen molar-refractivity contribution < 1.29 is 9.53 Å². The Morgan fingerprint density at radius 1 is 1.20 bits per heavy atom. The molecule has 7 nitrogen and oxygen atoms in total. The van der Waals surface area contributed by atoms with Gasteiger partial charge in [-0.05, 0) is 25.1 Å². The molecule has 132 valence electrons. The van der Waals surface area contributed by atoms with Gasteiger partial charge < -0.3 is 19.9 Å². The molecule has 0 spiro atoms. The van der Waals surface area contributed by atoms with E-state index in [4.69, 9.17) is 16.3 Å². The largest absolute Gasteiger partial charge is 0.495 e. The second-order valence-electron chi connectivity index (χ2n) is 5.79. The molecular formula is C17H20ClN5O2. The number of hydrogen-bond donors (Lipinski definition) is 1. The number of halogens is 1. The average molecular weight is 362 g/mol. The molecule has 1 aromatic heterocycles. The highest BCUT2D eigenvalue weighted by Crippen LogP contribution is 2.28. The molecule has 1 aromatic carbocycles. The van der Waals surface area contributed by atoms with Crippen molar-refractivity contribution in [3.8, 4) is 5.75 Å². The van der Waals surface area contributed by atoms with Crippen LogP contribution in [0, 0.1) is 6.92 Å². The first-order valence-electron chi connectivity index (χ1n) is 7.99. The summed E-state index contributed by atoms with van der Waals surface area (Å²) in [6.45, 7) is 4.83. The predicted octanol–water partition coefficient (Wildman–Crippen LogP) is 2.47. The Labute approximate surface area is 151 Å². The van der Waals surface area contributed by atoms with E-state index in [1.807, 2.05) is 19.1 Å². The van der Waals surface area contributed by atoms with Gasteiger partial charge in [-0.1, -0.05) is 11.6 Å². The first-order valence-corrected chi connectivity index (χ1v) is 8.37. The van der Waals surface area contributed by atoms with Crippen LogP contribution in [0.4, 0.5) is 17.5 Å². The number of carbonyl (C=O) groups is 1. The number of rotatable bonds is 5. The lowest BCUT2D eigenvalue weighted by Crippen LogP contribution is -2.46. The Hall–Kier alpha value is -2.54. The topological polar surface area (TPSA) is 70.6 Å². The smallest absolute Gasteiger partial charge is 0.229 e. The molecule has 0 atom stereocenters. The van der Waals surface area contributed by atoms with Gasteiger partial charge in [0.05, 0.1) is 12.1 Å². The van der Waals surface area contributed by atoms with Gasteiger partial charge in [0.1, 0.15) is 11.6 Å². The van der Waals surface area contributed by atoms with Gasteiger partial charge in [0.15, 0.2) is 0 Å². The Balaban J connectivity index is 1.77. The molecule has 1 saturated heterocycles. The normalized spacial score (nSPS) is 14.4. The number of aromatic nitrogens is 2. The Morgan fingerprint density at radius 2 is 1.96 bits per heavy atom. The van der Waals surface area contributed by atoms with E-state index >= 15 is 0 Å². The van der Waals surface area contributed by atoms with Crippen molar-refractivity contribution in [3.63, 3.8) is 0 Å². The molecular weight excluding hydrogens is 342 g/mol. The summed E-state index contributed by atoms with van der Waals surface area (Å²) < 4.78 is 5.16. The molecule has 0 aliphatic carbocycles. The zero-order chi connectivity index (χ0) is 17.8. The molecule has 1 N–H and O–H groups in total. The van der Waals surface area contributed by atoms with E-state index in [0.29, 0.717) is 29.8 Å². The van der Waals surface area contributed by atoms with Gasteiger partial charge in [-0.3, -0.25) is 4.79 Å². The molecule has 1 aliphatic heterocycles. The van der Waals surface area contributed by atoms with Crippen molar-refractivity contribution in [2.24, 2.45) is 0 Å². The number of nitrogens with one attached hydrogen (secondary N) is 1. The number of amides is 1. The van der Waals surface area contributed by atoms with Crippen molar-refractivity contribution in [1.29, 1.82) is 0 Å². The molecule has 2 heterocycles. The number of anilines is 3. The fraction of sp³-hybridized carbons (Fsp3) is 0.353. The lowest BCUT2D eigenvalue weighted by molar-refractivity contribution is -0.118. The molecule has 1 fully saturated rings. The number of nitrogens with zero attached hydrogens (tertiary/aromatic N) is 4. The minimum absolute atomic E-state index is 0.508. The average Bonchev–Trinajstić information content (AvgIpc) is 2.61. The van der Waals surface area contributed by atoms with Crippen molar-refractivity contribution in [3.05, 3.63) is 35.0 Å². The van der Waals surface area contributed by atoms with Gasteiger partial charge in [-0.2, -0.15) is 4.98 Å². The highest BCUT2D eigenvalue weighted by molar-refractivity contribution is 6.32. The van der Waals surface area contributed by atoms with E-state index in [2.05, 4.69) is 20.2 Å². The van der Waals surface area contributed by atoms with Crippen LogP contribution in [0.1, 0.15) is 5.69 Å². The third kappa shape index (κ3) is 4.11. The summed E-state index contributed by atoms with van der Waals surface area (Å²) in [6, 6.07) is 7.37. The first kappa shape index (κ1) is 17.3. The predicted molar refractivity (Wildman–Crippen MR) is 97.9 cm³/mol. The third-order valence-corrected chi connectivity index (χ3v) is 4.33.